The molecule has 4 rings (SSSR count). The van der Waals surface area contributed by atoms with Crippen molar-refractivity contribution >= 4 is 32.2 Å². The van der Waals surface area contributed by atoms with Crippen molar-refractivity contribution < 1.29 is 13.2 Å². The number of hydrogen-bond acceptors (Lipinski definition) is 3. The first-order chi connectivity index (χ1) is 11.6. The minimum Gasteiger partial charge on any atom is -0.307 e. The van der Waals surface area contributed by atoms with E-state index in [1.807, 2.05) is 30.3 Å². The van der Waals surface area contributed by atoms with Crippen LogP contribution in [0.1, 0.15) is 10.4 Å². The molecule has 0 unspecified atom stereocenters. The van der Waals surface area contributed by atoms with Crippen LogP contribution in [0, 0.1) is 0 Å². The van der Waals surface area contributed by atoms with Crippen LogP contribution in [-0.2, 0) is 9.84 Å². The van der Waals surface area contributed by atoms with Gasteiger partial charge < -0.3 is 4.90 Å². The Morgan fingerprint density at radius 1 is 0.833 bits per heavy atom. The van der Waals surface area contributed by atoms with Gasteiger partial charge in [-0.25, -0.2) is 8.42 Å². The van der Waals surface area contributed by atoms with E-state index in [1.165, 1.54) is 0 Å². The fourth-order valence-electron chi connectivity index (χ4n) is 3.16. The summed E-state index contributed by atoms with van der Waals surface area (Å²) in [5.41, 5.74) is 1.43. The number of sulfone groups is 1. The maximum absolute atomic E-state index is 12.7. The quantitative estimate of drug-likeness (QED) is 0.734. The molecule has 0 aliphatic carbocycles. The van der Waals surface area contributed by atoms with Crippen LogP contribution in [0.2, 0.25) is 0 Å². The van der Waals surface area contributed by atoms with Crippen LogP contribution in [0.15, 0.2) is 71.6 Å². The zero-order valence-corrected chi connectivity index (χ0v) is 13.7. The van der Waals surface area contributed by atoms with Crippen molar-refractivity contribution in [2.75, 3.05) is 17.2 Å². The average molecular weight is 337 g/mol. The Labute approximate surface area is 140 Å². The summed E-state index contributed by atoms with van der Waals surface area (Å²) in [5, 5.41) is 1.90. The molecule has 5 heteroatoms. The Morgan fingerprint density at radius 2 is 1.54 bits per heavy atom. The SMILES string of the molecule is O=C1c2cccc3cccc(c23)N1CCS(=O)(=O)c1ccccc1. The third-order valence-electron chi connectivity index (χ3n) is 4.34. The number of carbonyl (C=O) groups excluding carboxylic acids is 1. The Hall–Kier alpha value is -2.66. The number of amides is 1. The lowest BCUT2D eigenvalue weighted by Gasteiger charge is -2.17. The highest BCUT2D eigenvalue weighted by molar-refractivity contribution is 7.91. The Bertz CT molecular complexity index is 1040. The lowest BCUT2D eigenvalue weighted by atomic mass is 10.1. The lowest BCUT2D eigenvalue weighted by Crippen LogP contribution is -2.32. The second-order valence-corrected chi connectivity index (χ2v) is 7.88. The normalized spacial score (nSPS) is 13.7. The molecule has 0 radical (unpaired) electrons. The van der Waals surface area contributed by atoms with E-state index in [-0.39, 0.29) is 23.1 Å². The van der Waals surface area contributed by atoms with Gasteiger partial charge in [0.05, 0.1) is 16.3 Å². The summed E-state index contributed by atoms with van der Waals surface area (Å²) < 4.78 is 24.9. The van der Waals surface area contributed by atoms with Crippen LogP contribution in [0.5, 0.6) is 0 Å². The van der Waals surface area contributed by atoms with Crippen molar-refractivity contribution in [2.45, 2.75) is 4.90 Å². The standard InChI is InChI=1S/C19H15NO3S/c21-19-16-10-4-6-14-7-5-11-17(18(14)16)20(19)12-13-24(22,23)15-8-2-1-3-9-15/h1-11H,12-13H2. The van der Waals surface area contributed by atoms with Crippen LogP contribution >= 0.6 is 0 Å². The molecule has 0 saturated carbocycles. The Kier molecular flexibility index (Phi) is 3.39. The third-order valence-corrected chi connectivity index (χ3v) is 6.05. The number of nitrogens with zero attached hydrogens (tertiary/aromatic N) is 1. The van der Waals surface area contributed by atoms with E-state index in [4.69, 9.17) is 0 Å². The van der Waals surface area contributed by atoms with Gasteiger partial charge in [0.25, 0.3) is 5.91 Å². The first-order valence-electron chi connectivity index (χ1n) is 7.69. The van der Waals surface area contributed by atoms with E-state index < -0.39 is 9.84 Å². The molecule has 0 spiro atoms. The molecule has 0 aromatic heterocycles. The minimum atomic E-state index is -3.42. The molecule has 0 bridgehead atoms. The molecule has 4 nitrogen and oxygen atoms in total. The van der Waals surface area contributed by atoms with E-state index in [9.17, 15) is 13.2 Å². The van der Waals surface area contributed by atoms with Crippen molar-refractivity contribution in [1.29, 1.82) is 0 Å². The van der Waals surface area contributed by atoms with Crippen LogP contribution in [0.3, 0.4) is 0 Å². The van der Waals surface area contributed by atoms with Gasteiger partial charge in [0.15, 0.2) is 9.84 Å². The van der Waals surface area contributed by atoms with Crippen LogP contribution in [0.25, 0.3) is 10.8 Å². The van der Waals surface area contributed by atoms with E-state index in [0.29, 0.717) is 5.56 Å². The molecule has 1 aliphatic rings. The Balaban J connectivity index is 1.66. The van der Waals surface area contributed by atoms with Crippen molar-refractivity contribution in [3.05, 3.63) is 72.3 Å². The molecule has 120 valence electrons. The highest BCUT2D eigenvalue weighted by Gasteiger charge is 2.30. The monoisotopic (exact) mass is 337 g/mol. The summed E-state index contributed by atoms with van der Waals surface area (Å²) in [6.45, 7) is 0.143. The van der Waals surface area contributed by atoms with E-state index in [2.05, 4.69) is 0 Å². The van der Waals surface area contributed by atoms with Gasteiger partial charge in [0.2, 0.25) is 0 Å². The van der Waals surface area contributed by atoms with Gasteiger partial charge in [-0.05, 0) is 29.7 Å². The molecule has 0 saturated heterocycles. The van der Waals surface area contributed by atoms with Crippen LogP contribution in [0.4, 0.5) is 5.69 Å². The lowest BCUT2D eigenvalue weighted by molar-refractivity contribution is 0.0994. The first-order valence-corrected chi connectivity index (χ1v) is 9.34. The topological polar surface area (TPSA) is 54.5 Å². The molecule has 3 aromatic rings. The van der Waals surface area contributed by atoms with Gasteiger partial charge >= 0.3 is 0 Å². The van der Waals surface area contributed by atoms with Crippen LogP contribution < -0.4 is 4.90 Å². The van der Waals surface area contributed by atoms with Crippen molar-refractivity contribution in [2.24, 2.45) is 0 Å². The van der Waals surface area contributed by atoms with Crippen molar-refractivity contribution in [1.82, 2.24) is 0 Å². The third kappa shape index (κ3) is 2.29. The molecule has 3 aromatic carbocycles. The first kappa shape index (κ1) is 14.9. The van der Waals surface area contributed by atoms with E-state index in [1.54, 1.807) is 41.3 Å². The molecule has 1 heterocycles. The maximum atomic E-state index is 12.7. The highest BCUT2D eigenvalue weighted by Crippen LogP contribution is 2.37. The summed E-state index contributed by atoms with van der Waals surface area (Å²) in [7, 11) is -3.42. The second kappa shape index (κ2) is 5.46. The molecule has 0 fully saturated rings. The molecule has 24 heavy (non-hydrogen) atoms. The van der Waals surface area contributed by atoms with E-state index in [0.717, 1.165) is 16.5 Å². The summed E-state index contributed by atoms with van der Waals surface area (Å²) >= 11 is 0. The average Bonchev–Trinajstić information content (AvgIpc) is 2.88. The van der Waals surface area contributed by atoms with Gasteiger partial charge in [-0.1, -0.05) is 42.5 Å². The molecular weight excluding hydrogens is 322 g/mol. The van der Waals surface area contributed by atoms with E-state index >= 15 is 0 Å². The van der Waals surface area contributed by atoms with Gasteiger partial charge in [-0.2, -0.15) is 0 Å². The molecular formula is C19H15NO3S. The molecule has 1 amide bonds. The summed E-state index contributed by atoms with van der Waals surface area (Å²) in [5.74, 6) is -0.238. The Morgan fingerprint density at radius 3 is 2.29 bits per heavy atom. The highest BCUT2D eigenvalue weighted by atomic mass is 32.2. The number of hydrogen-bond donors (Lipinski definition) is 0. The molecule has 0 atom stereocenters. The van der Waals surface area contributed by atoms with Gasteiger partial charge in [-0.15, -0.1) is 0 Å². The number of carbonyl (C=O) groups is 1. The summed E-state index contributed by atoms with van der Waals surface area (Å²) in [6, 6.07) is 19.6. The number of anilines is 1. The van der Waals surface area contributed by atoms with Gasteiger partial charge in [-0.3, -0.25) is 4.79 Å². The smallest absolute Gasteiger partial charge is 0.259 e. The predicted molar refractivity (Wildman–Crippen MR) is 94.1 cm³/mol. The second-order valence-electron chi connectivity index (χ2n) is 5.77. The fraction of sp³-hybridized carbons (Fsp3) is 0.105. The van der Waals surface area contributed by atoms with Gasteiger partial charge in [0, 0.05) is 17.5 Å². The molecule has 1 aliphatic heterocycles. The number of benzene rings is 3. The van der Waals surface area contributed by atoms with Gasteiger partial charge in [0.1, 0.15) is 0 Å². The summed E-state index contributed by atoms with van der Waals surface area (Å²) in [4.78, 5) is 14.5. The van der Waals surface area contributed by atoms with Crippen molar-refractivity contribution in [3.63, 3.8) is 0 Å². The minimum absolute atomic E-state index is 0.104. The fourth-order valence-corrected chi connectivity index (χ4v) is 4.39. The van der Waals surface area contributed by atoms with Crippen molar-refractivity contribution in [3.8, 4) is 0 Å². The zero-order chi connectivity index (χ0) is 16.7. The largest absolute Gasteiger partial charge is 0.307 e. The zero-order valence-electron chi connectivity index (χ0n) is 12.8. The summed E-state index contributed by atoms with van der Waals surface area (Å²) in [6.07, 6.45) is 0. The maximum Gasteiger partial charge on any atom is 0.259 e. The predicted octanol–water partition coefficient (Wildman–Crippen LogP) is 3.27. The molecule has 0 N–H and O–H groups in total. The van der Waals surface area contributed by atoms with Crippen LogP contribution in [-0.4, -0.2) is 26.6 Å². The number of rotatable bonds is 4.